The number of rotatable bonds is 7. The second-order valence-corrected chi connectivity index (χ2v) is 11.9. The van der Waals surface area contributed by atoms with E-state index in [1.807, 2.05) is 6.92 Å². The fourth-order valence-corrected chi connectivity index (χ4v) is 6.76. The largest absolute Gasteiger partial charge is 0.384 e. The summed E-state index contributed by atoms with van der Waals surface area (Å²) < 4.78 is 29.7. The summed E-state index contributed by atoms with van der Waals surface area (Å²) in [7, 11) is 0. The summed E-state index contributed by atoms with van der Waals surface area (Å²) in [5.74, 6) is -4.38. The van der Waals surface area contributed by atoms with Crippen molar-refractivity contribution in [3.05, 3.63) is 81.0 Å². The summed E-state index contributed by atoms with van der Waals surface area (Å²) in [5.41, 5.74) is 6.57. The molecule has 0 unspecified atom stereocenters. The van der Waals surface area contributed by atoms with E-state index in [1.165, 1.54) is 35.6 Å². The second kappa shape index (κ2) is 9.22. The molecule has 0 bridgehead atoms. The lowest BCUT2D eigenvalue weighted by Crippen LogP contribution is -2.50. The van der Waals surface area contributed by atoms with Crippen LogP contribution in [0.2, 0.25) is 0 Å². The summed E-state index contributed by atoms with van der Waals surface area (Å²) in [6, 6.07) is 11.3. The van der Waals surface area contributed by atoms with E-state index < -0.39 is 17.9 Å². The topological polar surface area (TPSA) is 128 Å². The van der Waals surface area contributed by atoms with Crippen LogP contribution in [0, 0.1) is 10.8 Å². The Morgan fingerprint density at radius 3 is 2.55 bits per heavy atom. The van der Waals surface area contributed by atoms with Crippen molar-refractivity contribution in [2.45, 2.75) is 44.3 Å². The molecular weight excluding hydrogens is 536 g/mol. The number of nitrogens with zero attached hydrogens (tertiary/aromatic N) is 1. The number of amidine groups is 1. The quantitative estimate of drug-likeness (QED) is 0.259. The first kappa shape index (κ1) is 26.1. The van der Waals surface area contributed by atoms with Crippen molar-refractivity contribution in [1.82, 2.24) is 15.5 Å². The number of amides is 3. The van der Waals surface area contributed by atoms with Crippen LogP contribution in [0.5, 0.6) is 0 Å². The molecule has 2 aromatic carbocycles. The van der Waals surface area contributed by atoms with Gasteiger partial charge in [-0.1, -0.05) is 37.3 Å². The number of hydrogen-bond donors (Lipinski definition) is 4. The van der Waals surface area contributed by atoms with Gasteiger partial charge in [0.05, 0.1) is 13.1 Å². The standard InChI is InChI=1S/C29H27F2N5O3S/c1-28-10-22(27(39)34-12-17-8-16(14-40-17)25(32)33)36(23(28)11-28)24(37)13-35-26(38)15-6-7-21-19(9-15)18-4-2-3-5-20(18)29(21,30)31/h2-9,14,22-23H,10-13H2,1H3,(H3,32,33)(H,34,39)(H,35,38)/t22-,23-,28+/m0/s1. The number of thiophene rings is 1. The molecule has 3 aliphatic rings. The minimum absolute atomic E-state index is 0.0425. The van der Waals surface area contributed by atoms with Crippen molar-refractivity contribution in [1.29, 1.82) is 5.41 Å². The lowest BCUT2D eigenvalue weighted by atomic mass is 10.0. The number of hydrogen-bond acceptors (Lipinski definition) is 5. The molecule has 6 rings (SSSR count). The molecule has 11 heteroatoms. The summed E-state index contributed by atoms with van der Waals surface area (Å²) in [6.07, 6.45) is 1.33. The lowest BCUT2D eigenvalue weighted by molar-refractivity contribution is -0.139. The fraction of sp³-hybridized carbons (Fsp3) is 0.310. The highest BCUT2D eigenvalue weighted by Crippen LogP contribution is 2.59. The molecule has 2 fully saturated rings. The predicted octanol–water partition coefficient (Wildman–Crippen LogP) is 3.58. The number of carbonyl (C=O) groups excluding carboxylic acids is 3. The average Bonchev–Trinajstić information content (AvgIpc) is 3.23. The number of fused-ring (bicyclic) bond motifs is 4. The van der Waals surface area contributed by atoms with E-state index in [1.54, 1.807) is 34.5 Å². The van der Waals surface area contributed by atoms with Gasteiger partial charge in [0, 0.05) is 38.6 Å². The van der Waals surface area contributed by atoms with Gasteiger partial charge in [0.1, 0.15) is 11.9 Å². The number of nitrogens with one attached hydrogen (secondary N) is 3. The Kier molecular flexibility index (Phi) is 6.02. The van der Waals surface area contributed by atoms with Crippen molar-refractivity contribution < 1.29 is 23.2 Å². The van der Waals surface area contributed by atoms with Crippen molar-refractivity contribution in [2.24, 2.45) is 11.1 Å². The molecule has 3 aromatic rings. The first-order chi connectivity index (χ1) is 19.0. The van der Waals surface area contributed by atoms with Crippen LogP contribution in [-0.2, 0) is 22.1 Å². The highest BCUT2D eigenvalue weighted by molar-refractivity contribution is 7.10. The molecule has 5 N–H and O–H groups in total. The maximum absolute atomic E-state index is 14.9. The summed E-state index contributed by atoms with van der Waals surface area (Å²) in [5, 5.41) is 14.8. The van der Waals surface area contributed by atoms with Crippen LogP contribution in [-0.4, -0.2) is 47.1 Å². The zero-order valence-electron chi connectivity index (χ0n) is 21.6. The van der Waals surface area contributed by atoms with E-state index in [0.29, 0.717) is 23.1 Å². The highest BCUT2D eigenvalue weighted by atomic mass is 32.1. The first-order valence-corrected chi connectivity index (χ1v) is 13.8. The van der Waals surface area contributed by atoms with E-state index in [2.05, 4.69) is 10.6 Å². The minimum atomic E-state index is -3.14. The predicted molar refractivity (Wildman–Crippen MR) is 146 cm³/mol. The van der Waals surface area contributed by atoms with Crippen LogP contribution < -0.4 is 16.4 Å². The molecule has 3 atom stereocenters. The number of carbonyl (C=O) groups is 3. The molecule has 1 aliphatic heterocycles. The monoisotopic (exact) mass is 563 g/mol. The Morgan fingerprint density at radius 1 is 1.05 bits per heavy atom. The van der Waals surface area contributed by atoms with Gasteiger partial charge in [-0.2, -0.15) is 8.78 Å². The fourth-order valence-electron chi connectivity index (χ4n) is 5.94. The Hall–Kier alpha value is -4.12. The summed E-state index contributed by atoms with van der Waals surface area (Å²) >= 11 is 1.39. The van der Waals surface area contributed by atoms with Gasteiger partial charge in [-0.05, 0) is 47.6 Å². The van der Waals surface area contributed by atoms with E-state index in [9.17, 15) is 23.2 Å². The van der Waals surface area contributed by atoms with Gasteiger partial charge in [-0.25, -0.2) is 0 Å². The molecule has 0 radical (unpaired) electrons. The van der Waals surface area contributed by atoms with E-state index in [4.69, 9.17) is 11.1 Å². The molecular formula is C29H27F2N5O3S. The van der Waals surface area contributed by atoms with Gasteiger partial charge >= 0.3 is 0 Å². The van der Waals surface area contributed by atoms with Crippen LogP contribution in [0.1, 0.15) is 51.7 Å². The Bertz CT molecular complexity index is 1590. The van der Waals surface area contributed by atoms with E-state index >= 15 is 0 Å². The summed E-state index contributed by atoms with van der Waals surface area (Å²) in [4.78, 5) is 41.7. The van der Waals surface area contributed by atoms with Crippen LogP contribution in [0.4, 0.5) is 8.78 Å². The Morgan fingerprint density at radius 2 is 1.80 bits per heavy atom. The molecule has 2 heterocycles. The van der Waals surface area contributed by atoms with Gasteiger partial charge < -0.3 is 21.3 Å². The summed E-state index contributed by atoms with van der Waals surface area (Å²) in [6.45, 7) is 1.99. The number of nitrogen functional groups attached to an aromatic ring is 1. The average molecular weight is 564 g/mol. The number of benzene rings is 2. The third kappa shape index (κ3) is 4.25. The third-order valence-corrected chi connectivity index (χ3v) is 9.14. The maximum atomic E-state index is 14.9. The molecule has 2 aliphatic carbocycles. The number of alkyl halides is 2. The minimum Gasteiger partial charge on any atom is -0.384 e. The Balaban J connectivity index is 1.11. The van der Waals surface area contributed by atoms with Gasteiger partial charge in [0.2, 0.25) is 11.8 Å². The van der Waals surface area contributed by atoms with Gasteiger partial charge in [0.25, 0.3) is 11.8 Å². The van der Waals surface area contributed by atoms with Crippen LogP contribution in [0.25, 0.3) is 11.1 Å². The zero-order chi connectivity index (χ0) is 28.4. The number of halogens is 2. The van der Waals surface area contributed by atoms with Gasteiger partial charge in [-0.3, -0.25) is 19.8 Å². The van der Waals surface area contributed by atoms with Gasteiger partial charge in [0.15, 0.2) is 0 Å². The Labute approximate surface area is 233 Å². The van der Waals surface area contributed by atoms with Crippen molar-refractivity contribution >= 4 is 34.9 Å². The molecule has 3 amide bonds. The molecule has 0 spiro atoms. The van der Waals surface area contributed by atoms with Crippen molar-refractivity contribution in [3.63, 3.8) is 0 Å². The maximum Gasteiger partial charge on any atom is 0.299 e. The van der Waals surface area contributed by atoms with Crippen LogP contribution >= 0.6 is 11.3 Å². The second-order valence-electron chi connectivity index (χ2n) is 10.9. The van der Waals surface area contributed by atoms with Gasteiger partial charge in [-0.15, -0.1) is 11.3 Å². The molecule has 1 saturated carbocycles. The number of likely N-dealkylation sites (tertiary alicyclic amines) is 1. The van der Waals surface area contributed by atoms with Crippen LogP contribution in [0.15, 0.2) is 53.9 Å². The van der Waals surface area contributed by atoms with Crippen LogP contribution in [0.3, 0.4) is 0 Å². The lowest BCUT2D eigenvalue weighted by Gasteiger charge is -2.27. The zero-order valence-corrected chi connectivity index (χ0v) is 22.4. The third-order valence-electron chi connectivity index (χ3n) is 8.20. The smallest absolute Gasteiger partial charge is 0.299 e. The number of nitrogens with two attached hydrogens (primary N) is 1. The van der Waals surface area contributed by atoms with Crippen molar-refractivity contribution in [3.8, 4) is 11.1 Å². The number of piperidine rings is 1. The van der Waals surface area contributed by atoms with Crippen molar-refractivity contribution in [2.75, 3.05) is 6.54 Å². The van der Waals surface area contributed by atoms with E-state index in [-0.39, 0.29) is 58.9 Å². The highest BCUT2D eigenvalue weighted by Gasteiger charge is 2.64. The molecule has 40 heavy (non-hydrogen) atoms. The van der Waals surface area contributed by atoms with E-state index in [0.717, 1.165) is 11.3 Å². The SMILES string of the molecule is C[C@@]12C[C@@H]1N(C(=O)CNC(=O)c1ccc3c(c1)-c1ccccc1C3(F)F)[C@H](C(=O)NCc1cc(C(=N)N)cs1)C2. The first-order valence-electron chi connectivity index (χ1n) is 12.9. The molecule has 206 valence electrons. The molecule has 1 aromatic heterocycles. The molecule has 8 nitrogen and oxygen atoms in total. The molecule has 1 saturated heterocycles. The normalized spacial score (nSPS) is 23.1.